The molecule has 0 radical (unpaired) electrons. The van der Waals surface area contributed by atoms with Crippen molar-refractivity contribution in [2.75, 3.05) is 12.0 Å². The van der Waals surface area contributed by atoms with Gasteiger partial charge in [-0.1, -0.05) is 24.3 Å². The monoisotopic (exact) mass is 416 g/mol. The van der Waals surface area contributed by atoms with Gasteiger partial charge in [0.15, 0.2) is 0 Å². The third-order valence-corrected chi connectivity index (χ3v) is 4.64. The lowest BCUT2D eigenvalue weighted by atomic mass is 9.81. The van der Waals surface area contributed by atoms with Crippen LogP contribution in [-0.2, 0) is 0 Å². The van der Waals surface area contributed by atoms with Crippen molar-refractivity contribution >= 4 is 17.5 Å². The normalized spacial score (nSPS) is 19.7. The van der Waals surface area contributed by atoms with E-state index in [1.807, 2.05) is 0 Å². The molecule has 1 aromatic rings. The van der Waals surface area contributed by atoms with Crippen molar-refractivity contribution in [3.63, 3.8) is 0 Å². The van der Waals surface area contributed by atoms with Gasteiger partial charge in [0, 0.05) is 5.69 Å². The highest BCUT2D eigenvalue weighted by molar-refractivity contribution is 6.13. The number of nitrogens with one attached hydrogen (secondary N) is 1. The molecular weight excluding hydrogens is 404 g/mol. The zero-order valence-electron chi connectivity index (χ0n) is 13.9. The standard InChI is InChI=1S/C13H13ClN6O8/c14-16(9-15-10-5-2-1-3-6-10)11-12(17(21)22,18(23)24)7-4-8-13(11,19(25)26)20(27)28/h1-7,11,15H,8-9H2. The number of hydrogen-bond acceptors (Lipinski definition) is 10. The lowest BCUT2D eigenvalue weighted by molar-refractivity contribution is -0.849. The van der Waals surface area contributed by atoms with Gasteiger partial charge in [-0.2, -0.15) is 4.42 Å². The molecule has 0 bridgehead atoms. The molecule has 150 valence electrons. The van der Waals surface area contributed by atoms with Crippen LogP contribution in [0.4, 0.5) is 5.69 Å². The lowest BCUT2D eigenvalue weighted by Crippen LogP contribution is -2.74. The fourth-order valence-corrected chi connectivity index (χ4v) is 3.36. The first-order valence-corrected chi connectivity index (χ1v) is 7.91. The summed E-state index contributed by atoms with van der Waals surface area (Å²) >= 11 is 5.97. The second-order valence-electron chi connectivity index (χ2n) is 5.80. The molecule has 14 nitrogen and oxygen atoms in total. The zero-order valence-corrected chi connectivity index (χ0v) is 14.7. The predicted octanol–water partition coefficient (Wildman–Crippen LogP) is 1.34. The number of hydrogen-bond donors (Lipinski definition) is 1. The minimum absolute atomic E-state index is 0.327. The summed E-state index contributed by atoms with van der Waals surface area (Å²) in [6, 6.07) is 5.52. The Bertz CT molecular complexity index is 806. The Labute approximate surface area is 161 Å². The summed E-state index contributed by atoms with van der Waals surface area (Å²) in [6.07, 6.45) is 0.250. The molecule has 28 heavy (non-hydrogen) atoms. The van der Waals surface area contributed by atoms with Gasteiger partial charge in [0.05, 0.1) is 12.7 Å². The van der Waals surface area contributed by atoms with Crippen molar-refractivity contribution < 1.29 is 19.7 Å². The minimum Gasteiger partial charge on any atom is -0.371 e. The summed E-state index contributed by atoms with van der Waals surface area (Å²) in [5, 5.41) is 49.1. The molecular formula is C13H13ClN6O8. The maximum Gasteiger partial charge on any atom is 0.508 e. The van der Waals surface area contributed by atoms with Crippen molar-refractivity contribution in [1.82, 2.24) is 4.42 Å². The van der Waals surface area contributed by atoms with Gasteiger partial charge in [0.2, 0.25) is 0 Å². The molecule has 1 N–H and O–H groups in total. The number of nitrogens with zero attached hydrogens (tertiary/aromatic N) is 5. The van der Waals surface area contributed by atoms with Crippen LogP contribution in [0.15, 0.2) is 42.5 Å². The average Bonchev–Trinajstić information content (AvgIpc) is 2.65. The van der Waals surface area contributed by atoms with Gasteiger partial charge in [-0.25, -0.2) is 0 Å². The Balaban J connectivity index is 2.58. The zero-order chi connectivity index (χ0) is 21.1. The molecule has 0 amide bonds. The van der Waals surface area contributed by atoms with Crippen molar-refractivity contribution in [1.29, 1.82) is 0 Å². The molecule has 2 rings (SSSR count). The van der Waals surface area contributed by atoms with E-state index in [2.05, 4.69) is 5.32 Å². The van der Waals surface area contributed by atoms with E-state index < -0.39 is 50.2 Å². The molecule has 0 fully saturated rings. The molecule has 1 aliphatic rings. The molecule has 0 spiro atoms. The number of rotatable bonds is 8. The van der Waals surface area contributed by atoms with Crippen LogP contribution in [0.25, 0.3) is 0 Å². The number of halogens is 1. The van der Waals surface area contributed by atoms with Gasteiger partial charge in [0.1, 0.15) is 26.1 Å². The minimum atomic E-state index is -3.40. The second kappa shape index (κ2) is 7.69. The molecule has 1 aliphatic carbocycles. The first-order valence-electron chi connectivity index (χ1n) is 7.57. The Hall–Kier alpha value is -3.39. The van der Waals surface area contributed by atoms with Gasteiger partial charge in [-0.3, -0.25) is 40.5 Å². The molecule has 0 aliphatic heterocycles. The SMILES string of the molecule is O=[N+]([O-])C1([N+](=O)[O-])C=CCC([N+](=O)[O-])([N+](=O)[O-])C1N(Cl)CNc1ccccc1. The highest BCUT2D eigenvalue weighted by Crippen LogP contribution is 2.40. The maximum atomic E-state index is 11.6. The number of nitro groups is 4. The fourth-order valence-electron chi connectivity index (χ4n) is 3.00. The third kappa shape index (κ3) is 3.18. The van der Waals surface area contributed by atoms with Gasteiger partial charge in [0.25, 0.3) is 0 Å². The van der Waals surface area contributed by atoms with Crippen LogP contribution in [-0.4, -0.2) is 48.1 Å². The van der Waals surface area contributed by atoms with E-state index in [0.29, 0.717) is 22.3 Å². The number of benzene rings is 1. The van der Waals surface area contributed by atoms with E-state index in [1.165, 1.54) is 0 Å². The van der Waals surface area contributed by atoms with E-state index in [-0.39, 0.29) is 0 Å². The van der Waals surface area contributed by atoms with E-state index in [9.17, 15) is 40.5 Å². The molecule has 1 atom stereocenters. The summed E-state index contributed by atoms with van der Waals surface area (Å²) in [5.74, 6) is 0. The highest BCUT2D eigenvalue weighted by Gasteiger charge is 2.83. The van der Waals surface area contributed by atoms with Crippen LogP contribution in [0.1, 0.15) is 6.42 Å². The summed E-state index contributed by atoms with van der Waals surface area (Å²) in [5.41, 5.74) is -6.28. The topological polar surface area (TPSA) is 188 Å². The molecule has 0 aromatic heterocycles. The second-order valence-corrected chi connectivity index (χ2v) is 6.23. The predicted molar refractivity (Wildman–Crippen MR) is 93.6 cm³/mol. The Kier molecular flexibility index (Phi) is 5.75. The van der Waals surface area contributed by atoms with E-state index in [4.69, 9.17) is 11.8 Å². The van der Waals surface area contributed by atoms with Crippen molar-refractivity contribution in [3.05, 3.63) is 82.9 Å². The lowest BCUT2D eigenvalue weighted by Gasteiger charge is -2.34. The van der Waals surface area contributed by atoms with Gasteiger partial charge >= 0.3 is 17.4 Å². The Morgan fingerprint density at radius 1 is 1.00 bits per heavy atom. The Morgan fingerprint density at radius 3 is 2.00 bits per heavy atom. The molecule has 1 unspecified atom stereocenters. The largest absolute Gasteiger partial charge is 0.508 e. The van der Waals surface area contributed by atoms with E-state index >= 15 is 0 Å². The van der Waals surface area contributed by atoms with Gasteiger partial charge in [-0.15, -0.1) is 0 Å². The smallest absolute Gasteiger partial charge is 0.371 e. The summed E-state index contributed by atoms with van der Waals surface area (Å²) in [4.78, 5) is 40.8. The van der Waals surface area contributed by atoms with E-state index in [0.717, 1.165) is 0 Å². The first kappa shape index (κ1) is 20.9. The van der Waals surface area contributed by atoms with Crippen LogP contribution < -0.4 is 5.32 Å². The van der Waals surface area contributed by atoms with Crippen LogP contribution in [0.3, 0.4) is 0 Å². The number of anilines is 1. The summed E-state index contributed by atoms with van der Waals surface area (Å²) in [6.45, 7) is -0.586. The molecule has 0 saturated heterocycles. The van der Waals surface area contributed by atoms with Crippen molar-refractivity contribution in [2.24, 2.45) is 0 Å². The molecule has 1 aromatic carbocycles. The third-order valence-electron chi connectivity index (χ3n) is 4.33. The van der Waals surface area contributed by atoms with E-state index in [1.54, 1.807) is 30.3 Å². The average molecular weight is 417 g/mol. The summed E-state index contributed by atoms with van der Waals surface area (Å²) < 4.78 is 0.327. The molecule has 15 heteroatoms. The van der Waals surface area contributed by atoms with Crippen molar-refractivity contribution in [2.45, 2.75) is 23.8 Å². The van der Waals surface area contributed by atoms with Crippen molar-refractivity contribution in [3.8, 4) is 0 Å². The first-order chi connectivity index (χ1) is 13.1. The quantitative estimate of drug-likeness (QED) is 0.213. The van der Waals surface area contributed by atoms with Gasteiger partial charge < -0.3 is 5.32 Å². The van der Waals surface area contributed by atoms with Crippen LogP contribution in [0.2, 0.25) is 0 Å². The Morgan fingerprint density at radius 2 is 1.54 bits per heavy atom. The van der Waals surface area contributed by atoms with Crippen LogP contribution >= 0.6 is 11.8 Å². The van der Waals surface area contributed by atoms with Gasteiger partial charge in [-0.05, 0) is 23.9 Å². The fraction of sp³-hybridized carbons (Fsp3) is 0.385. The molecule has 0 heterocycles. The maximum absolute atomic E-state index is 11.6. The number of para-hydroxylation sites is 1. The molecule has 0 saturated carbocycles. The van der Waals surface area contributed by atoms with Crippen LogP contribution in [0, 0.1) is 40.5 Å². The van der Waals surface area contributed by atoms with Crippen LogP contribution in [0.5, 0.6) is 0 Å². The highest BCUT2D eigenvalue weighted by atomic mass is 35.5. The summed E-state index contributed by atoms with van der Waals surface area (Å²) in [7, 11) is 0.